The first-order valence-corrected chi connectivity index (χ1v) is 19.8. The second-order valence-corrected chi connectivity index (χ2v) is 16.4. The highest BCUT2D eigenvalue weighted by atomic mass is 35.5. The Kier molecular flexibility index (Phi) is 14.1. The highest BCUT2D eigenvalue weighted by Gasteiger charge is 2.33. The topological polar surface area (TPSA) is 130 Å². The van der Waals surface area contributed by atoms with Gasteiger partial charge in [0.1, 0.15) is 5.60 Å². The summed E-state index contributed by atoms with van der Waals surface area (Å²) < 4.78 is 22.3. The van der Waals surface area contributed by atoms with E-state index in [-0.39, 0.29) is 55.0 Å². The average molecular weight is 789 g/mol. The molecule has 1 aliphatic carbocycles. The number of rotatable bonds is 15. The van der Waals surface area contributed by atoms with Gasteiger partial charge in [0.25, 0.3) is 0 Å². The highest BCUT2D eigenvalue weighted by molar-refractivity contribution is 6.30. The third-order valence-electron chi connectivity index (χ3n) is 10.3. The van der Waals surface area contributed by atoms with Gasteiger partial charge in [-0.05, 0) is 125 Å². The SMILES string of the molecule is CNc1cc(-c2cccc(Cl)c2)c(N2Cc3cc(OC(C)C)c(OC)cc3CC2=O)cc1C1CCC[C@@H](N(CCC(=N)CC(=O)OC(C)(C)C)CC(=O)OC)C1. The van der Waals surface area contributed by atoms with Crippen molar-refractivity contribution in [2.75, 3.05) is 44.6 Å². The minimum absolute atomic E-state index is 0.0249. The number of hydrogen-bond acceptors (Lipinski definition) is 10. The Morgan fingerprint density at radius 1 is 1.04 bits per heavy atom. The van der Waals surface area contributed by atoms with E-state index >= 15 is 0 Å². The maximum Gasteiger partial charge on any atom is 0.319 e. The molecular formula is C44H57ClN4O7. The molecule has 3 aromatic rings. The largest absolute Gasteiger partial charge is 0.493 e. The van der Waals surface area contributed by atoms with Gasteiger partial charge in [-0.15, -0.1) is 0 Å². The fraction of sp³-hybridized carbons (Fsp3) is 0.500. The zero-order valence-electron chi connectivity index (χ0n) is 34.1. The quantitative estimate of drug-likeness (QED) is 0.115. The van der Waals surface area contributed by atoms with Crippen LogP contribution in [0.25, 0.3) is 11.1 Å². The summed E-state index contributed by atoms with van der Waals surface area (Å²) in [6.07, 6.45) is 3.87. The molecule has 56 heavy (non-hydrogen) atoms. The molecule has 0 bridgehead atoms. The summed E-state index contributed by atoms with van der Waals surface area (Å²) >= 11 is 6.53. The number of carbonyl (C=O) groups excluding carboxylic acids is 3. The number of carbonyl (C=O) groups is 3. The molecule has 1 unspecified atom stereocenters. The molecule has 1 heterocycles. The van der Waals surface area contributed by atoms with Crippen LogP contribution in [-0.2, 0) is 36.8 Å². The van der Waals surface area contributed by atoms with Crippen molar-refractivity contribution in [1.29, 1.82) is 5.41 Å². The minimum Gasteiger partial charge on any atom is -0.493 e. The van der Waals surface area contributed by atoms with Gasteiger partial charge in [0, 0.05) is 41.6 Å². The first kappa shape index (κ1) is 42.5. The van der Waals surface area contributed by atoms with E-state index < -0.39 is 11.6 Å². The number of fused-ring (bicyclic) bond motifs is 1. The number of hydrogen-bond donors (Lipinski definition) is 2. The number of benzene rings is 3. The number of ether oxygens (including phenoxy) is 4. The lowest BCUT2D eigenvalue weighted by atomic mass is 9.79. The van der Waals surface area contributed by atoms with E-state index in [4.69, 9.17) is 36.0 Å². The standard InChI is InChI=1S/C44H57ClN4O7/c1-27(2)55-40-20-31-25-49(41(50)21-30(31)19-39(40)53-7)38-24-35(37(47-6)23-36(38)28-11-9-13-32(45)17-28)29-12-10-14-34(18-29)48(26-43(52)54-8)16-15-33(46)22-42(51)56-44(3,4)5/h9,11,13,17,19-20,23-24,27,29,34,46-47H,10,12,14-16,18,21-22,25-26H2,1-8H3/t29?,34-/m1/s1. The van der Waals surface area contributed by atoms with Gasteiger partial charge < -0.3 is 34.6 Å². The van der Waals surface area contributed by atoms with Crippen LogP contribution in [0.2, 0.25) is 5.02 Å². The first-order chi connectivity index (χ1) is 26.6. The molecule has 2 atom stereocenters. The maximum atomic E-state index is 14.2. The average Bonchev–Trinajstić information content (AvgIpc) is 3.14. The van der Waals surface area contributed by atoms with Crippen LogP contribution in [0.1, 0.15) is 95.8 Å². The predicted octanol–water partition coefficient (Wildman–Crippen LogP) is 8.58. The van der Waals surface area contributed by atoms with Crippen LogP contribution in [0, 0.1) is 5.41 Å². The molecule has 12 heteroatoms. The van der Waals surface area contributed by atoms with Crippen molar-refractivity contribution in [2.45, 2.75) is 110 Å². The van der Waals surface area contributed by atoms with Crippen molar-refractivity contribution in [2.24, 2.45) is 0 Å². The van der Waals surface area contributed by atoms with E-state index in [1.807, 2.05) is 62.2 Å². The summed E-state index contributed by atoms with van der Waals surface area (Å²) in [6.45, 7) is 10.2. The number of nitrogens with zero attached hydrogens (tertiary/aromatic N) is 2. The van der Waals surface area contributed by atoms with E-state index in [1.54, 1.807) is 27.9 Å². The van der Waals surface area contributed by atoms with Gasteiger partial charge in [0.05, 0.1) is 51.9 Å². The molecule has 1 saturated carbocycles. The zero-order chi connectivity index (χ0) is 40.7. The summed E-state index contributed by atoms with van der Waals surface area (Å²) in [5.41, 5.74) is 6.15. The van der Waals surface area contributed by atoms with Gasteiger partial charge in [-0.1, -0.05) is 30.2 Å². The lowest BCUT2D eigenvalue weighted by Crippen LogP contribution is -2.43. The Hall–Kier alpha value is -4.61. The van der Waals surface area contributed by atoms with Gasteiger partial charge in [-0.3, -0.25) is 19.3 Å². The van der Waals surface area contributed by atoms with E-state index in [2.05, 4.69) is 22.3 Å². The third-order valence-corrected chi connectivity index (χ3v) is 10.6. The predicted molar refractivity (Wildman–Crippen MR) is 221 cm³/mol. The highest BCUT2D eigenvalue weighted by Crippen LogP contribution is 2.45. The molecule has 1 fully saturated rings. The fourth-order valence-corrected chi connectivity index (χ4v) is 7.98. The molecule has 0 saturated heterocycles. The molecule has 2 N–H and O–H groups in total. The van der Waals surface area contributed by atoms with E-state index in [9.17, 15) is 14.4 Å². The van der Waals surface area contributed by atoms with Crippen LogP contribution in [-0.4, -0.2) is 80.6 Å². The van der Waals surface area contributed by atoms with Crippen molar-refractivity contribution < 1.29 is 33.3 Å². The van der Waals surface area contributed by atoms with Crippen LogP contribution in [0.5, 0.6) is 11.5 Å². The summed E-state index contributed by atoms with van der Waals surface area (Å²) in [5.74, 6) is 0.540. The van der Waals surface area contributed by atoms with Crippen molar-refractivity contribution in [3.05, 3.63) is 70.2 Å². The Morgan fingerprint density at radius 2 is 1.79 bits per heavy atom. The molecule has 0 aromatic heterocycles. The Morgan fingerprint density at radius 3 is 2.45 bits per heavy atom. The van der Waals surface area contributed by atoms with Crippen LogP contribution in [0.15, 0.2) is 48.5 Å². The van der Waals surface area contributed by atoms with E-state index in [1.165, 1.54) is 7.11 Å². The van der Waals surface area contributed by atoms with Crippen LogP contribution in [0.3, 0.4) is 0 Å². The summed E-state index contributed by atoms with van der Waals surface area (Å²) in [7, 11) is 4.90. The van der Waals surface area contributed by atoms with Crippen LogP contribution < -0.4 is 19.7 Å². The number of nitrogens with one attached hydrogen (secondary N) is 2. The maximum absolute atomic E-state index is 14.2. The minimum atomic E-state index is -0.629. The monoisotopic (exact) mass is 788 g/mol. The third kappa shape index (κ3) is 10.8. The second-order valence-electron chi connectivity index (χ2n) is 16.0. The second kappa shape index (κ2) is 18.6. The summed E-state index contributed by atoms with van der Waals surface area (Å²) in [5, 5.41) is 12.6. The summed E-state index contributed by atoms with van der Waals surface area (Å²) in [6, 6.07) is 15.9. The number of esters is 2. The molecular weight excluding hydrogens is 732 g/mol. The van der Waals surface area contributed by atoms with Crippen molar-refractivity contribution in [1.82, 2.24) is 4.90 Å². The molecule has 1 amide bonds. The van der Waals surface area contributed by atoms with Crippen molar-refractivity contribution in [3.63, 3.8) is 0 Å². The number of anilines is 2. The van der Waals surface area contributed by atoms with Gasteiger partial charge in [0.15, 0.2) is 11.5 Å². The van der Waals surface area contributed by atoms with E-state index in [0.29, 0.717) is 36.0 Å². The van der Waals surface area contributed by atoms with E-state index in [0.717, 1.165) is 64.9 Å². The zero-order valence-corrected chi connectivity index (χ0v) is 34.8. The molecule has 5 rings (SSSR count). The molecule has 3 aromatic carbocycles. The smallest absolute Gasteiger partial charge is 0.319 e. The molecule has 1 aliphatic heterocycles. The Labute approximate surface area is 336 Å². The first-order valence-electron chi connectivity index (χ1n) is 19.5. The molecule has 0 radical (unpaired) electrons. The van der Waals surface area contributed by atoms with Crippen molar-refractivity contribution >= 4 is 46.5 Å². The lowest BCUT2D eigenvalue weighted by molar-refractivity contribution is -0.153. The molecule has 302 valence electrons. The number of halogens is 1. The van der Waals surface area contributed by atoms with Crippen molar-refractivity contribution in [3.8, 4) is 22.6 Å². The number of methoxy groups -OCH3 is 2. The Balaban J connectivity index is 1.49. The Bertz CT molecular complexity index is 1920. The van der Waals surface area contributed by atoms with Gasteiger partial charge in [-0.25, -0.2) is 0 Å². The van der Waals surface area contributed by atoms with Gasteiger partial charge in [0.2, 0.25) is 5.91 Å². The van der Waals surface area contributed by atoms with Crippen LogP contribution >= 0.6 is 11.6 Å². The normalized spacial score (nSPS) is 17.1. The van der Waals surface area contributed by atoms with Gasteiger partial charge >= 0.3 is 11.9 Å². The molecule has 2 aliphatic rings. The number of amides is 1. The lowest BCUT2D eigenvalue weighted by Gasteiger charge is -2.38. The fourth-order valence-electron chi connectivity index (χ4n) is 7.79. The van der Waals surface area contributed by atoms with Gasteiger partial charge in [-0.2, -0.15) is 0 Å². The molecule has 0 spiro atoms. The summed E-state index contributed by atoms with van der Waals surface area (Å²) in [4.78, 5) is 43.2. The van der Waals surface area contributed by atoms with Crippen LogP contribution in [0.4, 0.5) is 11.4 Å². The molecule has 11 nitrogen and oxygen atoms in total.